The predicted octanol–water partition coefficient (Wildman–Crippen LogP) is 1.39. The van der Waals surface area contributed by atoms with E-state index in [9.17, 15) is 13.2 Å². The van der Waals surface area contributed by atoms with E-state index in [-0.39, 0.29) is 18.6 Å². The molecule has 1 N–H and O–H groups in total. The Morgan fingerprint density at radius 3 is 2.54 bits per heavy atom. The zero-order valence-corrected chi connectivity index (χ0v) is 15.4. The highest BCUT2D eigenvalue weighted by atomic mass is 32.2. The van der Waals surface area contributed by atoms with Gasteiger partial charge in [0.05, 0.1) is 25.2 Å². The Morgan fingerprint density at radius 1 is 1.29 bits per heavy atom. The zero-order chi connectivity index (χ0) is 18.2. The maximum atomic E-state index is 12.1. The third-order valence-corrected chi connectivity index (χ3v) is 4.26. The van der Waals surface area contributed by atoms with Crippen LogP contribution in [0.3, 0.4) is 0 Å². The van der Waals surface area contributed by atoms with Crippen molar-refractivity contribution in [3.05, 3.63) is 24.3 Å². The van der Waals surface area contributed by atoms with Gasteiger partial charge < -0.3 is 14.8 Å². The lowest BCUT2D eigenvalue weighted by atomic mass is 10.3. The number of ether oxygens (including phenoxy) is 2. The molecule has 0 saturated carbocycles. The van der Waals surface area contributed by atoms with Crippen LogP contribution in [0.5, 0.6) is 5.75 Å². The first-order valence-corrected chi connectivity index (χ1v) is 9.59. The molecule has 8 heteroatoms. The van der Waals surface area contributed by atoms with Gasteiger partial charge in [0.1, 0.15) is 12.3 Å². The van der Waals surface area contributed by atoms with Gasteiger partial charge in [-0.05, 0) is 32.4 Å². The van der Waals surface area contributed by atoms with E-state index < -0.39 is 10.0 Å². The van der Waals surface area contributed by atoms with Crippen molar-refractivity contribution in [2.45, 2.75) is 26.4 Å². The van der Waals surface area contributed by atoms with Crippen LogP contribution in [0.25, 0.3) is 0 Å². The van der Waals surface area contributed by atoms with Crippen LogP contribution in [0.4, 0.5) is 5.69 Å². The number of sulfonamides is 1. The van der Waals surface area contributed by atoms with Crippen molar-refractivity contribution < 1.29 is 22.7 Å². The predicted molar refractivity (Wildman–Crippen MR) is 93.9 cm³/mol. The number of nitrogens with one attached hydrogen (secondary N) is 1. The topological polar surface area (TPSA) is 84.9 Å². The number of hydrogen-bond acceptors (Lipinski definition) is 5. The van der Waals surface area contributed by atoms with Crippen LogP contribution in [0.1, 0.15) is 20.3 Å². The summed E-state index contributed by atoms with van der Waals surface area (Å²) in [7, 11) is -2.17. The first-order chi connectivity index (χ1) is 11.3. The standard InChI is InChI=1S/C16H26N2O5S/c1-13(2)23-11-7-10-17-16(19)12-18(24(4,20)21)14-8-5-6-9-15(14)22-3/h5-6,8-9,13H,7,10-12H2,1-4H3,(H,17,19). The molecule has 0 radical (unpaired) electrons. The van der Waals surface area contributed by atoms with Gasteiger partial charge in [0, 0.05) is 13.2 Å². The highest BCUT2D eigenvalue weighted by molar-refractivity contribution is 7.92. The monoisotopic (exact) mass is 358 g/mol. The number of benzene rings is 1. The zero-order valence-electron chi connectivity index (χ0n) is 14.6. The summed E-state index contributed by atoms with van der Waals surface area (Å²) >= 11 is 0. The fourth-order valence-electron chi connectivity index (χ4n) is 2.02. The van der Waals surface area contributed by atoms with Gasteiger partial charge in [-0.3, -0.25) is 9.10 Å². The van der Waals surface area contributed by atoms with E-state index in [1.54, 1.807) is 24.3 Å². The minimum Gasteiger partial charge on any atom is -0.495 e. The van der Waals surface area contributed by atoms with Crippen LogP contribution in [-0.2, 0) is 19.6 Å². The Balaban J connectivity index is 2.69. The summed E-state index contributed by atoms with van der Waals surface area (Å²) in [6.45, 7) is 4.55. The van der Waals surface area contributed by atoms with Crippen molar-refractivity contribution in [2.24, 2.45) is 0 Å². The minimum absolute atomic E-state index is 0.145. The SMILES string of the molecule is COc1ccccc1N(CC(=O)NCCCOC(C)C)S(C)(=O)=O. The molecule has 1 amide bonds. The van der Waals surface area contributed by atoms with E-state index >= 15 is 0 Å². The number of carbonyl (C=O) groups excluding carboxylic acids is 1. The van der Waals surface area contributed by atoms with Crippen molar-refractivity contribution in [3.8, 4) is 5.75 Å². The van der Waals surface area contributed by atoms with Gasteiger partial charge in [-0.15, -0.1) is 0 Å². The second kappa shape index (κ2) is 9.48. The Hall–Kier alpha value is -1.80. The summed E-state index contributed by atoms with van der Waals surface area (Å²) in [5.74, 6) is 0.0111. The van der Waals surface area contributed by atoms with Gasteiger partial charge in [0.25, 0.3) is 0 Å². The Labute approximate surface area is 144 Å². The minimum atomic E-state index is -3.62. The largest absolute Gasteiger partial charge is 0.495 e. The summed E-state index contributed by atoms with van der Waals surface area (Å²) in [6.07, 6.45) is 1.87. The van der Waals surface area contributed by atoms with Gasteiger partial charge in [-0.25, -0.2) is 8.42 Å². The molecule has 0 atom stereocenters. The van der Waals surface area contributed by atoms with Gasteiger partial charge in [0.15, 0.2) is 0 Å². The molecule has 7 nitrogen and oxygen atoms in total. The van der Waals surface area contributed by atoms with E-state index in [2.05, 4.69) is 5.32 Å². The van der Waals surface area contributed by atoms with Crippen LogP contribution < -0.4 is 14.4 Å². The molecule has 0 aliphatic rings. The first-order valence-electron chi connectivity index (χ1n) is 7.74. The number of methoxy groups -OCH3 is 1. The van der Waals surface area contributed by atoms with Gasteiger partial charge in [0.2, 0.25) is 15.9 Å². The second-order valence-corrected chi connectivity index (χ2v) is 7.47. The molecule has 0 unspecified atom stereocenters. The molecule has 1 rings (SSSR count). The van der Waals surface area contributed by atoms with Crippen LogP contribution in [0, 0.1) is 0 Å². The molecule has 0 saturated heterocycles. The average molecular weight is 358 g/mol. The van der Waals surface area contributed by atoms with Crippen LogP contribution >= 0.6 is 0 Å². The third kappa shape index (κ3) is 6.76. The molecule has 0 aromatic heterocycles. The molecule has 0 heterocycles. The molecule has 24 heavy (non-hydrogen) atoms. The highest BCUT2D eigenvalue weighted by Crippen LogP contribution is 2.29. The lowest BCUT2D eigenvalue weighted by Gasteiger charge is -2.23. The van der Waals surface area contributed by atoms with Gasteiger partial charge in [-0.1, -0.05) is 12.1 Å². The number of para-hydroxylation sites is 2. The quantitative estimate of drug-likeness (QED) is 0.639. The smallest absolute Gasteiger partial charge is 0.240 e. The Morgan fingerprint density at radius 2 is 1.96 bits per heavy atom. The lowest BCUT2D eigenvalue weighted by Crippen LogP contribution is -2.41. The molecule has 1 aromatic carbocycles. The van der Waals surface area contributed by atoms with E-state index in [1.165, 1.54) is 7.11 Å². The molecule has 0 aliphatic heterocycles. The lowest BCUT2D eigenvalue weighted by molar-refractivity contribution is -0.119. The van der Waals surface area contributed by atoms with E-state index in [1.807, 2.05) is 13.8 Å². The molecule has 1 aromatic rings. The molecule has 0 spiro atoms. The Kier molecular flexibility index (Phi) is 8.00. The van der Waals surface area contributed by atoms with E-state index in [0.29, 0.717) is 31.0 Å². The van der Waals surface area contributed by atoms with Crippen molar-refractivity contribution in [1.29, 1.82) is 0 Å². The van der Waals surface area contributed by atoms with Crippen LogP contribution in [0.2, 0.25) is 0 Å². The maximum Gasteiger partial charge on any atom is 0.240 e. The van der Waals surface area contributed by atoms with Crippen LogP contribution in [-0.4, -0.2) is 53.5 Å². The first kappa shape index (κ1) is 20.2. The maximum absolute atomic E-state index is 12.1. The van der Waals surface area contributed by atoms with Crippen molar-refractivity contribution in [2.75, 3.05) is 37.4 Å². The van der Waals surface area contributed by atoms with E-state index in [0.717, 1.165) is 10.6 Å². The number of nitrogens with zero attached hydrogens (tertiary/aromatic N) is 1. The number of amides is 1. The molecule has 136 valence electrons. The van der Waals surface area contributed by atoms with E-state index in [4.69, 9.17) is 9.47 Å². The number of anilines is 1. The van der Waals surface area contributed by atoms with Crippen molar-refractivity contribution in [1.82, 2.24) is 5.32 Å². The van der Waals surface area contributed by atoms with Gasteiger partial charge >= 0.3 is 0 Å². The molecular formula is C16H26N2O5S. The van der Waals surface area contributed by atoms with Crippen molar-refractivity contribution >= 4 is 21.6 Å². The molecule has 0 bridgehead atoms. The molecule has 0 aliphatic carbocycles. The summed E-state index contributed by atoms with van der Waals surface area (Å²) in [5, 5.41) is 2.70. The highest BCUT2D eigenvalue weighted by Gasteiger charge is 2.23. The normalized spacial score (nSPS) is 11.4. The molecular weight excluding hydrogens is 332 g/mol. The second-order valence-electron chi connectivity index (χ2n) is 5.56. The number of carbonyl (C=O) groups is 1. The summed E-state index contributed by atoms with van der Waals surface area (Å²) < 4.78 is 35.7. The van der Waals surface area contributed by atoms with Crippen molar-refractivity contribution in [3.63, 3.8) is 0 Å². The summed E-state index contributed by atoms with van der Waals surface area (Å²) in [4.78, 5) is 12.1. The fraction of sp³-hybridized carbons (Fsp3) is 0.562. The summed E-state index contributed by atoms with van der Waals surface area (Å²) in [5.41, 5.74) is 0.334. The van der Waals surface area contributed by atoms with Gasteiger partial charge in [-0.2, -0.15) is 0 Å². The average Bonchev–Trinajstić information content (AvgIpc) is 2.51. The fourth-order valence-corrected chi connectivity index (χ4v) is 2.88. The third-order valence-electron chi connectivity index (χ3n) is 3.14. The summed E-state index contributed by atoms with van der Waals surface area (Å²) in [6, 6.07) is 6.67. The number of rotatable bonds is 10. The Bertz CT molecular complexity index is 631. The number of hydrogen-bond donors (Lipinski definition) is 1. The van der Waals surface area contributed by atoms with Crippen LogP contribution in [0.15, 0.2) is 24.3 Å². The molecule has 0 fully saturated rings.